The van der Waals surface area contributed by atoms with E-state index in [4.69, 9.17) is 9.47 Å². The lowest BCUT2D eigenvalue weighted by molar-refractivity contribution is 0.174. The molecule has 0 radical (unpaired) electrons. The maximum atomic E-state index is 5.66. The molecule has 5 rings (SSSR count). The van der Waals surface area contributed by atoms with Crippen molar-refractivity contribution < 1.29 is 9.47 Å². The van der Waals surface area contributed by atoms with Crippen LogP contribution in [0.25, 0.3) is 11.3 Å². The Hall–Kier alpha value is -3.50. The van der Waals surface area contributed by atoms with Crippen LogP contribution in [0.1, 0.15) is 55.5 Å². The Balaban J connectivity index is 1.43. The van der Waals surface area contributed by atoms with Gasteiger partial charge in [0.05, 0.1) is 0 Å². The molecule has 4 nitrogen and oxygen atoms in total. The van der Waals surface area contributed by atoms with Crippen LogP contribution in [0.15, 0.2) is 84.9 Å². The topological polar surface area (TPSA) is 26.6 Å². The van der Waals surface area contributed by atoms with Crippen molar-refractivity contribution in [2.24, 2.45) is 0 Å². The zero-order chi connectivity index (χ0) is 25.5. The van der Waals surface area contributed by atoms with E-state index in [9.17, 15) is 0 Å². The average molecular weight is 495 g/mol. The SMILES string of the molecule is CCCCn1c(CN(Cc2ccc(CCC)cc2)Cc2ccc3c(c2)OCO3)ccc1-c1ccccc1. The van der Waals surface area contributed by atoms with Gasteiger partial charge in [0.25, 0.3) is 0 Å². The zero-order valence-corrected chi connectivity index (χ0v) is 22.2. The molecule has 4 aromatic rings. The summed E-state index contributed by atoms with van der Waals surface area (Å²) in [6.07, 6.45) is 4.65. The van der Waals surface area contributed by atoms with Crippen molar-refractivity contribution in [2.75, 3.05) is 6.79 Å². The molecule has 4 heteroatoms. The Morgan fingerprint density at radius 3 is 2.22 bits per heavy atom. The monoisotopic (exact) mass is 494 g/mol. The molecular formula is C33H38N2O2. The minimum atomic E-state index is 0.305. The van der Waals surface area contributed by atoms with Crippen molar-refractivity contribution in [2.45, 2.75) is 65.7 Å². The fraction of sp³-hybridized carbons (Fsp3) is 0.333. The average Bonchev–Trinajstić information content (AvgIpc) is 3.56. The number of unbranched alkanes of at least 4 members (excludes halogenated alkanes) is 1. The van der Waals surface area contributed by atoms with Crippen LogP contribution in [0.4, 0.5) is 0 Å². The molecular weight excluding hydrogens is 456 g/mol. The van der Waals surface area contributed by atoms with Crippen LogP contribution in [-0.4, -0.2) is 16.3 Å². The van der Waals surface area contributed by atoms with Crippen molar-refractivity contribution in [1.29, 1.82) is 0 Å². The zero-order valence-electron chi connectivity index (χ0n) is 22.2. The van der Waals surface area contributed by atoms with Gasteiger partial charge in [0.2, 0.25) is 6.79 Å². The van der Waals surface area contributed by atoms with Crippen molar-refractivity contribution >= 4 is 0 Å². The van der Waals surface area contributed by atoms with E-state index in [-0.39, 0.29) is 0 Å². The highest BCUT2D eigenvalue weighted by atomic mass is 16.7. The fourth-order valence-corrected chi connectivity index (χ4v) is 5.14. The minimum Gasteiger partial charge on any atom is -0.454 e. The molecule has 37 heavy (non-hydrogen) atoms. The first kappa shape index (κ1) is 25.2. The highest BCUT2D eigenvalue weighted by molar-refractivity contribution is 5.60. The predicted molar refractivity (Wildman–Crippen MR) is 151 cm³/mol. The molecule has 2 heterocycles. The standard InChI is InChI=1S/C33H38N2O2/c1-3-5-20-35-30(17-18-31(35)29-10-7-6-8-11-29)24-34(22-27-14-12-26(9-4-2)13-15-27)23-28-16-19-32-33(21-28)37-25-36-32/h6-8,10-19,21H,3-5,9,20,22-25H2,1-2H3. The predicted octanol–water partition coefficient (Wildman–Crippen LogP) is 7.84. The smallest absolute Gasteiger partial charge is 0.231 e. The first-order valence-corrected chi connectivity index (χ1v) is 13.7. The summed E-state index contributed by atoms with van der Waals surface area (Å²) in [6, 6.07) is 30.9. The van der Waals surface area contributed by atoms with Gasteiger partial charge in [-0.1, -0.05) is 87.4 Å². The van der Waals surface area contributed by atoms with E-state index in [0.29, 0.717) is 6.79 Å². The molecule has 192 valence electrons. The minimum absolute atomic E-state index is 0.305. The lowest BCUT2D eigenvalue weighted by atomic mass is 10.1. The van der Waals surface area contributed by atoms with Crippen LogP contribution in [0.2, 0.25) is 0 Å². The quantitative estimate of drug-likeness (QED) is 0.201. The molecule has 0 unspecified atom stereocenters. The van der Waals surface area contributed by atoms with Crippen LogP contribution in [-0.2, 0) is 32.6 Å². The number of hydrogen-bond donors (Lipinski definition) is 0. The number of rotatable bonds is 12. The second-order valence-electron chi connectivity index (χ2n) is 9.98. The van der Waals surface area contributed by atoms with Gasteiger partial charge in [-0.2, -0.15) is 0 Å². The molecule has 0 spiro atoms. The van der Waals surface area contributed by atoms with E-state index in [2.05, 4.69) is 102 Å². The number of aromatic nitrogens is 1. The Morgan fingerprint density at radius 1 is 0.703 bits per heavy atom. The summed E-state index contributed by atoms with van der Waals surface area (Å²) in [7, 11) is 0. The number of benzene rings is 3. The third-order valence-corrected chi connectivity index (χ3v) is 7.07. The lowest BCUT2D eigenvalue weighted by Gasteiger charge is -2.24. The third kappa shape index (κ3) is 6.26. The number of hydrogen-bond acceptors (Lipinski definition) is 3. The molecule has 0 fully saturated rings. The number of nitrogens with zero attached hydrogens (tertiary/aromatic N) is 2. The summed E-state index contributed by atoms with van der Waals surface area (Å²) in [6.45, 7) is 8.44. The van der Waals surface area contributed by atoms with Gasteiger partial charge in [-0.15, -0.1) is 0 Å². The summed E-state index contributed by atoms with van der Waals surface area (Å²) >= 11 is 0. The van der Waals surface area contributed by atoms with Gasteiger partial charge >= 0.3 is 0 Å². The molecule has 1 aliphatic heterocycles. The van der Waals surface area contributed by atoms with Gasteiger partial charge in [-0.3, -0.25) is 4.90 Å². The second kappa shape index (κ2) is 12.2. The highest BCUT2D eigenvalue weighted by Gasteiger charge is 2.17. The maximum Gasteiger partial charge on any atom is 0.231 e. The Kier molecular flexibility index (Phi) is 8.27. The summed E-state index contributed by atoms with van der Waals surface area (Å²) in [5.74, 6) is 1.68. The van der Waals surface area contributed by atoms with Crippen molar-refractivity contribution in [1.82, 2.24) is 9.47 Å². The van der Waals surface area contributed by atoms with Crippen molar-refractivity contribution in [3.05, 3.63) is 107 Å². The van der Waals surface area contributed by atoms with Crippen LogP contribution in [0.3, 0.4) is 0 Å². The molecule has 0 aliphatic carbocycles. The molecule has 0 bridgehead atoms. The van der Waals surface area contributed by atoms with Gasteiger partial charge in [0, 0.05) is 37.6 Å². The molecule has 1 aromatic heterocycles. The number of aryl methyl sites for hydroxylation is 1. The van der Waals surface area contributed by atoms with Crippen LogP contribution >= 0.6 is 0 Å². The second-order valence-corrected chi connectivity index (χ2v) is 9.98. The summed E-state index contributed by atoms with van der Waals surface area (Å²) < 4.78 is 13.7. The largest absolute Gasteiger partial charge is 0.454 e. The van der Waals surface area contributed by atoms with Gasteiger partial charge in [0.1, 0.15) is 0 Å². The molecule has 1 aliphatic rings. The Bertz CT molecular complexity index is 1280. The van der Waals surface area contributed by atoms with Crippen molar-refractivity contribution in [3.8, 4) is 22.8 Å². The lowest BCUT2D eigenvalue weighted by Crippen LogP contribution is -2.24. The van der Waals surface area contributed by atoms with Crippen LogP contribution in [0.5, 0.6) is 11.5 Å². The first-order chi connectivity index (χ1) is 18.2. The maximum absolute atomic E-state index is 5.66. The normalized spacial score (nSPS) is 12.4. The molecule has 0 saturated carbocycles. The van der Waals surface area contributed by atoms with Crippen LogP contribution < -0.4 is 9.47 Å². The number of fused-ring (bicyclic) bond motifs is 1. The van der Waals surface area contributed by atoms with Crippen LogP contribution in [0, 0.1) is 0 Å². The summed E-state index contributed by atoms with van der Waals surface area (Å²) in [5.41, 5.74) is 7.93. The first-order valence-electron chi connectivity index (χ1n) is 13.7. The Morgan fingerprint density at radius 2 is 1.43 bits per heavy atom. The van der Waals surface area contributed by atoms with E-state index in [1.165, 1.54) is 52.9 Å². The van der Waals surface area contributed by atoms with E-state index < -0.39 is 0 Å². The van der Waals surface area contributed by atoms with E-state index in [1.54, 1.807) is 0 Å². The van der Waals surface area contributed by atoms with E-state index in [1.807, 2.05) is 6.07 Å². The highest BCUT2D eigenvalue weighted by Crippen LogP contribution is 2.33. The fourth-order valence-electron chi connectivity index (χ4n) is 5.14. The van der Waals surface area contributed by atoms with Gasteiger partial charge in [-0.05, 0) is 59.4 Å². The molecule has 3 aromatic carbocycles. The molecule has 0 N–H and O–H groups in total. The van der Waals surface area contributed by atoms with E-state index >= 15 is 0 Å². The van der Waals surface area contributed by atoms with Gasteiger partial charge in [0.15, 0.2) is 11.5 Å². The molecule has 0 atom stereocenters. The number of ether oxygens (including phenoxy) is 2. The Labute approximate surface area is 221 Å². The van der Waals surface area contributed by atoms with Gasteiger partial charge < -0.3 is 14.0 Å². The summed E-state index contributed by atoms with van der Waals surface area (Å²) in [4.78, 5) is 2.54. The van der Waals surface area contributed by atoms with Gasteiger partial charge in [-0.25, -0.2) is 0 Å². The molecule has 0 saturated heterocycles. The van der Waals surface area contributed by atoms with E-state index in [0.717, 1.165) is 44.1 Å². The molecule has 0 amide bonds. The summed E-state index contributed by atoms with van der Waals surface area (Å²) in [5, 5.41) is 0. The third-order valence-electron chi connectivity index (χ3n) is 7.07. The van der Waals surface area contributed by atoms with Crippen molar-refractivity contribution in [3.63, 3.8) is 0 Å².